The number of nitrogens with one attached hydrogen (secondary N) is 2. The topological polar surface area (TPSA) is 94.1 Å². The Kier molecular flexibility index (Phi) is 7.69. The fourth-order valence-electron chi connectivity index (χ4n) is 4.63. The molecule has 0 aromatic heterocycles. The first kappa shape index (κ1) is 23.7. The van der Waals surface area contributed by atoms with Crippen molar-refractivity contribution in [1.29, 1.82) is 0 Å². The van der Waals surface area contributed by atoms with Crippen LogP contribution in [0.15, 0.2) is 30.3 Å². The van der Waals surface area contributed by atoms with Gasteiger partial charge in [0.15, 0.2) is 0 Å². The maximum atomic E-state index is 13.2. The number of amides is 2. The summed E-state index contributed by atoms with van der Waals surface area (Å²) in [4.78, 5) is 33.3. The molecule has 2 fully saturated rings. The lowest BCUT2D eigenvalue weighted by molar-refractivity contribution is -0.244. The molecule has 0 aliphatic carbocycles. The van der Waals surface area contributed by atoms with E-state index >= 15 is 0 Å². The summed E-state index contributed by atoms with van der Waals surface area (Å²) in [6, 6.07) is 9.27. The van der Waals surface area contributed by atoms with Gasteiger partial charge in [-0.25, -0.2) is 5.06 Å². The van der Waals surface area contributed by atoms with Crippen molar-refractivity contribution in [3.8, 4) is 0 Å². The predicted octanol–water partition coefficient (Wildman–Crippen LogP) is 0.905. The smallest absolute Gasteiger partial charge is 0.268 e. The molecule has 1 aromatic rings. The third-order valence-electron chi connectivity index (χ3n) is 6.29. The number of hydrogen-bond donors (Lipinski definition) is 3. The van der Waals surface area contributed by atoms with Crippen LogP contribution >= 0.6 is 0 Å². The van der Waals surface area contributed by atoms with Gasteiger partial charge in [-0.05, 0) is 31.2 Å². The summed E-state index contributed by atoms with van der Waals surface area (Å²) in [5.41, 5.74) is 0.503. The molecule has 0 bridgehead atoms. The van der Waals surface area contributed by atoms with E-state index in [9.17, 15) is 14.7 Å². The first-order chi connectivity index (χ1) is 14.8. The molecule has 4 atom stereocenters. The minimum atomic E-state index is -0.805. The van der Waals surface area contributed by atoms with Crippen molar-refractivity contribution in [2.75, 3.05) is 26.7 Å². The van der Waals surface area contributed by atoms with Crippen molar-refractivity contribution in [2.45, 2.75) is 63.9 Å². The average Bonchev–Trinajstić information content (AvgIpc) is 3.10. The molecule has 0 radical (unpaired) electrons. The monoisotopic (exact) mass is 432 g/mol. The van der Waals surface area contributed by atoms with Crippen LogP contribution in [0.3, 0.4) is 0 Å². The summed E-state index contributed by atoms with van der Waals surface area (Å²) < 4.78 is 0. The fourth-order valence-corrected chi connectivity index (χ4v) is 4.63. The van der Waals surface area contributed by atoms with Gasteiger partial charge in [-0.2, -0.15) is 0 Å². The second kappa shape index (κ2) is 10.1. The number of likely N-dealkylation sites (N-methyl/N-ethyl adjacent to an activating group) is 1. The summed E-state index contributed by atoms with van der Waals surface area (Å²) in [5.74, 6) is 0.180. The van der Waals surface area contributed by atoms with Gasteiger partial charge in [0.05, 0.1) is 12.6 Å². The third kappa shape index (κ3) is 5.09. The van der Waals surface area contributed by atoms with E-state index in [0.717, 1.165) is 24.9 Å². The molecule has 2 unspecified atom stereocenters. The van der Waals surface area contributed by atoms with Crippen molar-refractivity contribution in [2.24, 2.45) is 5.92 Å². The van der Waals surface area contributed by atoms with Crippen LogP contribution in [0.4, 0.5) is 0 Å². The number of nitrogens with zero attached hydrogens (tertiary/aromatic N) is 2. The van der Waals surface area contributed by atoms with Gasteiger partial charge in [0.25, 0.3) is 5.91 Å². The van der Waals surface area contributed by atoms with Gasteiger partial charge in [0.2, 0.25) is 5.91 Å². The van der Waals surface area contributed by atoms with Crippen LogP contribution in [0.1, 0.15) is 39.2 Å². The SMILES string of the molecule is CNC(=O)[C@@H](NCC1CCC2(CN(OCc3ccccc3)C2=O)N1CC(C)C)[C@@H](C)O. The number of β-lactam (4-membered cyclic amide) rings is 1. The number of carbonyl (C=O) groups excluding carboxylic acids is 2. The van der Waals surface area contributed by atoms with E-state index < -0.39 is 17.7 Å². The van der Waals surface area contributed by atoms with Gasteiger partial charge in [-0.1, -0.05) is 44.2 Å². The van der Waals surface area contributed by atoms with Crippen LogP contribution in [-0.2, 0) is 21.0 Å². The predicted molar refractivity (Wildman–Crippen MR) is 118 cm³/mol. The number of hydrogen-bond acceptors (Lipinski definition) is 6. The summed E-state index contributed by atoms with van der Waals surface area (Å²) in [6.07, 6.45) is 0.828. The van der Waals surface area contributed by atoms with Gasteiger partial charge < -0.3 is 15.7 Å². The van der Waals surface area contributed by atoms with Crippen molar-refractivity contribution in [1.82, 2.24) is 20.6 Å². The molecule has 2 heterocycles. The molecule has 2 saturated heterocycles. The fraction of sp³-hybridized carbons (Fsp3) is 0.652. The van der Waals surface area contributed by atoms with Gasteiger partial charge >= 0.3 is 0 Å². The van der Waals surface area contributed by atoms with E-state index in [1.54, 1.807) is 14.0 Å². The normalized spacial score (nSPS) is 25.7. The quantitative estimate of drug-likeness (QED) is 0.476. The van der Waals surface area contributed by atoms with E-state index in [4.69, 9.17) is 4.84 Å². The number of carbonyl (C=O) groups is 2. The minimum Gasteiger partial charge on any atom is -0.391 e. The molecule has 8 nitrogen and oxygen atoms in total. The number of aliphatic hydroxyl groups is 1. The zero-order valence-electron chi connectivity index (χ0n) is 19.0. The molecule has 3 N–H and O–H groups in total. The van der Waals surface area contributed by atoms with Crippen LogP contribution in [-0.4, -0.2) is 77.3 Å². The van der Waals surface area contributed by atoms with Crippen molar-refractivity contribution < 1.29 is 19.5 Å². The van der Waals surface area contributed by atoms with Gasteiger partial charge in [0, 0.05) is 26.2 Å². The van der Waals surface area contributed by atoms with Crippen LogP contribution in [0, 0.1) is 5.92 Å². The number of aliphatic hydroxyl groups excluding tert-OH is 1. The summed E-state index contributed by atoms with van der Waals surface area (Å²) in [6.45, 7) is 8.15. The Morgan fingerprint density at radius 2 is 2.00 bits per heavy atom. The van der Waals surface area contributed by atoms with Crippen LogP contribution < -0.4 is 10.6 Å². The lowest BCUT2D eigenvalue weighted by Gasteiger charge is -2.51. The number of hydroxylamine groups is 2. The molecule has 1 spiro atoms. The lowest BCUT2D eigenvalue weighted by Crippen LogP contribution is -2.73. The van der Waals surface area contributed by atoms with Gasteiger partial charge in [-0.15, -0.1) is 0 Å². The highest BCUT2D eigenvalue weighted by Gasteiger charge is 2.61. The van der Waals surface area contributed by atoms with Gasteiger partial charge in [-0.3, -0.25) is 19.3 Å². The van der Waals surface area contributed by atoms with E-state index in [-0.39, 0.29) is 17.9 Å². The second-order valence-corrected chi connectivity index (χ2v) is 9.11. The average molecular weight is 433 g/mol. The standard InChI is InChI=1S/C23H36N4O4/c1-16(2)13-26-19(12-25-20(17(3)28)21(29)24-4)10-11-23(26)15-27(22(23)30)31-14-18-8-6-5-7-9-18/h5-9,16-17,19-20,25,28H,10-15H2,1-4H3,(H,24,29)/t17-,19?,20+,23?/m1/s1. The van der Waals surface area contributed by atoms with E-state index in [1.165, 1.54) is 5.06 Å². The number of rotatable bonds is 10. The molecular weight excluding hydrogens is 396 g/mol. The van der Waals surface area contributed by atoms with Crippen LogP contribution in [0.25, 0.3) is 0 Å². The van der Waals surface area contributed by atoms with Crippen molar-refractivity contribution in [3.05, 3.63) is 35.9 Å². The zero-order valence-corrected chi connectivity index (χ0v) is 19.0. The number of likely N-dealkylation sites (tertiary alicyclic amines) is 1. The Balaban J connectivity index is 1.63. The maximum Gasteiger partial charge on any atom is 0.268 e. The summed E-state index contributed by atoms with van der Waals surface area (Å²) >= 11 is 0. The molecular formula is C23H36N4O4. The highest BCUT2D eigenvalue weighted by atomic mass is 16.7. The van der Waals surface area contributed by atoms with E-state index in [2.05, 4.69) is 29.4 Å². The molecule has 2 aliphatic heterocycles. The minimum absolute atomic E-state index is 0.0185. The molecule has 31 heavy (non-hydrogen) atoms. The highest BCUT2D eigenvalue weighted by Crippen LogP contribution is 2.42. The van der Waals surface area contributed by atoms with E-state index in [0.29, 0.717) is 25.6 Å². The lowest BCUT2D eigenvalue weighted by atomic mass is 9.87. The summed E-state index contributed by atoms with van der Waals surface area (Å²) in [5, 5.41) is 17.3. The van der Waals surface area contributed by atoms with Crippen LogP contribution in [0.5, 0.6) is 0 Å². The molecule has 8 heteroatoms. The van der Waals surface area contributed by atoms with Gasteiger partial charge in [0.1, 0.15) is 18.2 Å². The highest BCUT2D eigenvalue weighted by molar-refractivity contribution is 5.92. The first-order valence-corrected chi connectivity index (χ1v) is 11.2. The third-order valence-corrected chi connectivity index (χ3v) is 6.29. The Morgan fingerprint density at radius 1 is 1.29 bits per heavy atom. The molecule has 2 aliphatic rings. The Hall–Kier alpha value is -2.00. The van der Waals surface area contributed by atoms with Crippen molar-refractivity contribution in [3.63, 3.8) is 0 Å². The first-order valence-electron chi connectivity index (χ1n) is 11.2. The molecule has 1 aromatic carbocycles. The maximum absolute atomic E-state index is 13.2. The number of benzene rings is 1. The summed E-state index contributed by atoms with van der Waals surface area (Å²) in [7, 11) is 1.56. The Bertz CT molecular complexity index is 757. The largest absolute Gasteiger partial charge is 0.391 e. The Morgan fingerprint density at radius 3 is 2.58 bits per heavy atom. The molecule has 2 amide bonds. The Labute approximate surface area is 184 Å². The van der Waals surface area contributed by atoms with Crippen LogP contribution in [0.2, 0.25) is 0 Å². The second-order valence-electron chi connectivity index (χ2n) is 9.11. The molecule has 3 rings (SSSR count). The van der Waals surface area contributed by atoms with E-state index in [1.807, 2.05) is 30.3 Å². The molecule has 172 valence electrons. The van der Waals surface area contributed by atoms with Crippen molar-refractivity contribution >= 4 is 11.8 Å². The zero-order chi connectivity index (χ0) is 22.6. The molecule has 0 saturated carbocycles.